The lowest BCUT2D eigenvalue weighted by atomic mass is 9.81. The van der Waals surface area contributed by atoms with E-state index in [0.29, 0.717) is 17.8 Å². The molecule has 0 saturated heterocycles. The van der Waals surface area contributed by atoms with Gasteiger partial charge in [-0.25, -0.2) is 0 Å². The van der Waals surface area contributed by atoms with Crippen LogP contribution in [-0.2, 0) is 10.8 Å². The highest BCUT2D eigenvalue weighted by Crippen LogP contribution is 2.37. The molecule has 2 aromatic carbocycles. The van der Waals surface area contributed by atoms with Crippen molar-refractivity contribution in [2.45, 2.75) is 112 Å². The monoisotopic (exact) mass is 460 g/mol. The van der Waals surface area contributed by atoms with E-state index in [4.69, 9.17) is 9.98 Å². The number of aliphatic imine (C=N–C) groups is 2. The lowest BCUT2D eigenvalue weighted by Gasteiger charge is -2.25. The fourth-order valence-electron chi connectivity index (χ4n) is 4.22. The molecule has 186 valence electrons. The van der Waals surface area contributed by atoms with Crippen LogP contribution in [0.25, 0.3) is 0 Å². The zero-order chi connectivity index (χ0) is 25.8. The summed E-state index contributed by atoms with van der Waals surface area (Å²) in [4.78, 5) is 10.4. The minimum atomic E-state index is 0.0182. The lowest BCUT2D eigenvalue weighted by Crippen LogP contribution is -2.15. The normalized spacial score (nSPS) is 13.7. The molecular formula is C32H48N2. The van der Waals surface area contributed by atoms with E-state index in [2.05, 4.69) is 119 Å². The van der Waals surface area contributed by atoms with Gasteiger partial charge in [0.15, 0.2) is 0 Å². The fourth-order valence-corrected chi connectivity index (χ4v) is 4.22. The molecular weight excluding hydrogens is 412 g/mol. The van der Waals surface area contributed by atoms with Gasteiger partial charge in [0.25, 0.3) is 0 Å². The summed E-state index contributed by atoms with van der Waals surface area (Å²) in [5.74, 6) is 1.35. The molecule has 0 heterocycles. The van der Waals surface area contributed by atoms with Crippen molar-refractivity contribution in [3.8, 4) is 0 Å². The molecule has 0 N–H and O–H groups in total. The zero-order valence-corrected chi connectivity index (χ0v) is 23.9. The van der Waals surface area contributed by atoms with Crippen LogP contribution in [0.2, 0.25) is 0 Å². The third-order valence-electron chi connectivity index (χ3n) is 6.24. The highest BCUT2D eigenvalue weighted by atomic mass is 14.8. The number of benzene rings is 2. The first-order valence-corrected chi connectivity index (χ1v) is 13.0. The van der Waals surface area contributed by atoms with Gasteiger partial charge in [-0.15, -0.1) is 0 Å². The van der Waals surface area contributed by atoms with Gasteiger partial charge in [0, 0.05) is 6.21 Å². The Morgan fingerprint density at radius 1 is 0.794 bits per heavy atom. The quantitative estimate of drug-likeness (QED) is 0.367. The Bertz CT molecular complexity index is 996. The van der Waals surface area contributed by atoms with Crippen LogP contribution in [0.4, 0.5) is 11.4 Å². The molecule has 2 aromatic rings. The van der Waals surface area contributed by atoms with Gasteiger partial charge < -0.3 is 0 Å². The maximum absolute atomic E-state index is 5.27. The van der Waals surface area contributed by atoms with Crippen molar-refractivity contribution < 1.29 is 0 Å². The largest absolute Gasteiger partial charge is 0.254 e. The van der Waals surface area contributed by atoms with Gasteiger partial charge >= 0.3 is 0 Å². The average molecular weight is 461 g/mol. The van der Waals surface area contributed by atoms with Crippen molar-refractivity contribution in [2.24, 2.45) is 15.9 Å². The van der Waals surface area contributed by atoms with Crippen LogP contribution in [0.3, 0.4) is 0 Å². The molecule has 0 spiro atoms. The van der Waals surface area contributed by atoms with Crippen molar-refractivity contribution in [2.75, 3.05) is 0 Å². The van der Waals surface area contributed by atoms with E-state index >= 15 is 0 Å². The summed E-state index contributed by atoms with van der Waals surface area (Å²) >= 11 is 0. The second kappa shape index (κ2) is 11.0. The van der Waals surface area contributed by atoms with E-state index in [1.807, 2.05) is 6.21 Å². The van der Waals surface area contributed by atoms with E-state index in [0.717, 1.165) is 23.5 Å². The van der Waals surface area contributed by atoms with E-state index in [-0.39, 0.29) is 10.8 Å². The fraction of sp³-hybridized carbons (Fsp3) is 0.562. The number of rotatable bonds is 7. The zero-order valence-electron chi connectivity index (χ0n) is 23.9. The maximum Gasteiger partial charge on any atom is 0.0699 e. The Labute approximate surface area is 210 Å². The number of nitrogens with zero attached hydrogens (tertiary/aromatic N) is 2. The van der Waals surface area contributed by atoms with E-state index < -0.39 is 0 Å². The molecule has 0 atom stereocenters. The van der Waals surface area contributed by atoms with Crippen molar-refractivity contribution in [1.82, 2.24) is 0 Å². The first kappa shape index (κ1) is 28.0. The first-order valence-electron chi connectivity index (χ1n) is 13.0. The Hall–Kier alpha value is -2.22. The van der Waals surface area contributed by atoms with E-state index in [9.17, 15) is 0 Å². The molecule has 0 aliphatic heterocycles. The van der Waals surface area contributed by atoms with Crippen molar-refractivity contribution in [3.05, 3.63) is 58.7 Å². The number of para-hydroxylation sites is 1. The lowest BCUT2D eigenvalue weighted by molar-refractivity contribution is 0.578. The van der Waals surface area contributed by atoms with Gasteiger partial charge in [-0.05, 0) is 63.3 Å². The molecule has 2 rings (SSSR count). The first-order chi connectivity index (χ1) is 15.6. The van der Waals surface area contributed by atoms with Gasteiger partial charge in [-0.1, -0.05) is 113 Å². The van der Waals surface area contributed by atoms with Gasteiger partial charge in [-0.2, -0.15) is 0 Å². The molecule has 0 fully saturated rings. The molecule has 0 aromatic heterocycles. The van der Waals surface area contributed by atoms with Crippen molar-refractivity contribution in [1.29, 1.82) is 0 Å². The molecule has 2 heteroatoms. The molecule has 2 nitrogen and oxygen atoms in total. The summed E-state index contributed by atoms with van der Waals surface area (Å²) < 4.78 is 0. The van der Waals surface area contributed by atoms with E-state index in [1.54, 1.807) is 0 Å². The van der Waals surface area contributed by atoms with E-state index in [1.165, 1.54) is 22.3 Å². The van der Waals surface area contributed by atoms with Crippen LogP contribution in [0.5, 0.6) is 0 Å². The van der Waals surface area contributed by atoms with Gasteiger partial charge in [0.1, 0.15) is 0 Å². The Balaban J connectivity index is 2.70. The third kappa shape index (κ3) is 7.39. The molecule has 0 bridgehead atoms. The molecule has 0 aliphatic carbocycles. The molecule has 34 heavy (non-hydrogen) atoms. The summed E-state index contributed by atoms with van der Waals surface area (Å²) in [5.41, 5.74) is 8.52. The minimum Gasteiger partial charge on any atom is -0.254 e. The average Bonchev–Trinajstić information content (AvgIpc) is 2.69. The molecule has 0 amide bonds. The number of hydrogen-bond donors (Lipinski definition) is 0. The molecule has 0 radical (unpaired) electrons. The maximum atomic E-state index is 5.27. The topological polar surface area (TPSA) is 24.7 Å². The predicted molar refractivity (Wildman–Crippen MR) is 153 cm³/mol. The Morgan fingerprint density at radius 2 is 1.35 bits per heavy atom. The predicted octanol–water partition coefficient (Wildman–Crippen LogP) is 10.0. The Morgan fingerprint density at radius 3 is 1.79 bits per heavy atom. The minimum absolute atomic E-state index is 0.0182. The summed E-state index contributed by atoms with van der Waals surface area (Å²) in [6.45, 7) is 27.1. The van der Waals surface area contributed by atoms with Crippen LogP contribution in [0, 0.1) is 5.92 Å². The summed E-state index contributed by atoms with van der Waals surface area (Å²) in [6, 6.07) is 13.4. The smallest absolute Gasteiger partial charge is 0.0699 e. The summed E-state index contributed by atoms with van der Waals surface area (Å²) in [7, 11) is 0. The van der Waals surface area contributed by atoms with Gasteiger partial charge in [-0.3, -0.25) is 9.98 Å². The van der Waals surface area contributed by atoms with Crippen LogP contribution in [-0.4, -0.2) is 11.9 Å². The highest BCUT2D eigenvalue weighted by Gasteiger charge is 2.22. The highest BCUT2D eigenvalue weighted by molar-refractivity contribution is 6.31. The SMILES string of the molecule is CC(C)CC(C=Nc1c(C(C)C)cccc1C(C)C)=Nc1cc(C(C)(C)C)ccc1C(C)(C)C. The van der Waals surface area contributed by atoms with Gasteiger partial charge in [0.05, 0.1) is 17.1 Å². The second-order valence-corrected chi connectivity index (χ2v) is 12.8. The third-order valence-corrected chi connectivity index (χ3v) is 6.24. The van der Waals surface area contributed by atoms with Crippen LogP contribution in [0.15, 0.2) is 46.4 Å². The van der Waals surface area contributed by atoms with Crippen LogP contribution in [0.1, 0.15) is 124 Å². The number of hydrogen-bond acceptors (Lipinski definition) is 2. The Kier molecular flexibility index (Phi) is 9.08. The van der Waals surface area contributed by atoms with Crippen molar-refractivity contribution >= 4 is 23.3 Å². The molecule has 0 unspecified atom stereocenters. The molecule has 0 aliphatic rings. The summed E-state index contributed by atoms with van der Waals surface area (Å²) in [5, 5.41) is 0. The molecule has 0 saturated carbocycles. The van der Waals surface area contributed by atoms with Gasteiger partial charge in [0.2, 0.25) is 0 Å². The van der Waals surface area contributed by atoms with Crippen molar-refractivity contribution in [3.63, 3.8) is 0 Å². The van der Waals surface area contributed by atoms with Crippen LogP contribution >= 0.6 is 0 Å². The van der Waals surface area contributed by atoms with Crippen LogP contribution < -0.4 is 0 Å². The second-order valence-electron chi connectivity index (χ2n) is 12.8. The standard InChI is InChI=1S/C32H48N2/c1-21(2)18-25(20-33-30-26(22(3)4)14-13-15-27(30)23(5)6)34-29-19-24(31(7,8)9)16-17-28(29)32(10,11)12/h13-17,19-23H,18H2,1-12H3. The summed E-state index contributed by atoms with van der Waals surface area (Å²) in [6.07, 6.45) is 2.93.